The minimum absolute atomic E-state index is 0.000502. The molecule has 0 saturated carbocycles. The van der Waals surface area contributed by atoms with E-state index in [9.17, 15) is 89.4 Å². The number of aliphatic carboxylic acids is 2. The average Bonchev–Trinajstić information content (AvgIpc) is 1.62. The Hall–Kier alpha value is -10.7. The van der Waals surface area contributed by atoms with E-state index in [1.807, 2.05) is 14.0 Å². The van der Waals surface area contributed by atoms with Gasteiger partial charge < -0.3 is 128 Å². The van der Waals surface area contributed by atoms with Crippen LogP contribution in [0.4, 0.5) is 21.0 Å². The van der Waals surface area contributed by atoms with Crippen LogP contribution in [-0.2, 0) is 51.2 Å². The lowest BCUT2D eigenvalue weighted by molar-refractivity contribution is -0.867. The Morgan fingerprint density at radius 1 is 0.619 bits per heavy atom. The number of carbonyl (C=O) groups is 8. The van der Waals surface area contributed by atoms with Gasteiger partial charge in [-0.2, -0.15) is 4.59 Å². The molecule has 0 bridgehead atoms. The van der Waals surface area contributed by atoms with Crippen LogP contribution in [0, 0.1) is 0 Å². The zero-order valence-electron chi connectivity index (χ0n) is 62.3. The smallest absolute Gasteiger partial charge is 0.416 e. The number of nitrogens with zero attached hydrogens (tertiary/aromatic N) is 7. The van der Waals surface area contributed by atoms with Gasteiger partial charge in [-0.25, -0.2) is 29.0 Å². The normalized spacial score (nSPS) is 25.1. The first-order valence-corrected chi connectivity index (χ1v) is 35.9. The number of benzene rings is 4. The largest absolute Gasteiger partial charge is 0.493 e. The van der Waals surface area contributed by atoms with Crippen molar-refractivity contribution in [3.8, 4) is 34.5 Å². The van der Waals surface area contributed by atoms with Gasteiger partial charge in [0, 0.05) is 50.6 Å². The number of carbonyl (C=O) groups excluding carboxylic acids is 6. The molecule has 6 aliphatic rings. The molecule has 0 radical (unpaired) electrons. The molecule has 10 rings (SSSR count). The summed E-state index contributed by atoms with van der Waals surface area (Å²) in [5.41, 5.74) is 0.599. The van der Waals surface area contributed by atoms with Crippen molar-refractivity contribution >= 4 is 59.1 Å². The number of fused-ring (bicyclic) bond motifs is 3. The number of likely N-dealkylation sites (N-methyl/N-ethyl adjacent to an activating group) is 1. The number of rotatable bonds is 34. The molecule has 6 aliphatic heterocycles. The fourth-order valence-corrected chi connectivity index (χ4v) is 12.9. The average molecular weight is 1590 g/mol. The molecule has 0 aromatic heterocycles. The monoisotopic (exact) mass is 1590 g/mol. The lowest BCUT2D eigenvalue weighted by Gasteiger charge is -2.38. The molecular formula is C74H92N9O30+. The number of unbranched alkanes of at least 4 members (excludes halogenated alkanes) is 2. The van der Waals surface area contributed by atoms with Crippen LogP contribution in [0.3, 0.4) is 0 Å². The lowest BCUT2D eigenvalue weighted by Crippen LogP contribution is -2.61. The number of β-amino-alcohol motifs (C(OH)–C–C–N with tert-alkyl or cyclic N) is 1. The van der Waals surface area contributed by atoms with Crippen molar-refractivity contribution in [2.24, 2.45) is 10.3 Å². The van der Waals surface area contributed by atoms with Gasteiger partial charge in [0.15, 0.2) is 47.7 Å². The van der Waals surface area contributed by atoms with Gasteiger partial charge in [-0.1, -0.05) is 43.4 Å². The van der Waals surface area contributed by atoms with E-state index in [0.717, 1.165) is 9.80 Å². The summed E-state index contributed by atoms with van der Waals surface area (Å²) in [4.78, 5) is 114. The molecule has 3 saturated heterocycles. The van der Waals surface area contributed by atoms with Crippen LogP contribution in [0.2, 0.25) is 0 Å². The summed E-state index contributed by atoms with van der Waals surface area (Å²) in [7, 11) is 5.89. The molecule has 3 fully saturated rings. The molecule has 6 heterocycles. The first-order chi connectivity index (χ1) is 54.0. The van der Waals surface area contributed by atoms with Crippen LogP contribution < -0.4 is 48.9 Å². The van der Waals surface area contributed by atoms with Gasteiger partial charge in [0.2, 0.25) is 12.6 Å². The number of hydrogen-bond donors (Lipinski definition) is 12. The minimum Gasteiger partial charge on any atom is -0.493 e. The van der Waals surface area contributed by atoms with Gasteiger partial charge in [0.25, 0.3) is 23.6 Å². The predicted octanol–water partition coefficient (Wildman–Crippen LogP) is 1.42. The van der Waals surface area contributed by atoms with Crippen molar-refractivity contribution in [3.05, 3.63) is 131 Å². The molecule has 4 aromatic rings. The van der Waals surface area contributed by atoms with E-state index >= 15 is 0 Å². The van der Waals surface area contributed by atoms with Crippen molar-refractivity contribution in [2.75, 3.05) is 110 Å². The summed E-state index contributed by atoms with van der Waals surface area (Å²) < 4.78 is 68.7. The molecule has 39 nitrogen and oxygen atoms in total. The Labute approximate surface area is 646 Å². The second-order valence-corrected chi connectivity index (χ2v) is 27.2. The molecule has 14 atom stereocenters. The van der Waals surface area contributed by atoms with Crippen molar-refractivity contribution in [1.82, 2.24) is 20.4 Å². The first-order valence-electron chi connectivity index (χ1n) is 35.9. The van der Waals surface area contributed by atoms with Gasteiger partial charge in [0.1, 0.15) is 80.3 Å². The van der Waals surface area contributed by atoms with Gasteiger partial charge in [0.05, 0.1) is 101 Å². The number of aliphatic hydroxyl groups is 8. The summed E-state index contributed by atoms with van der Waals surface area (Å²) in [5, 5.41) is 120. The minimum atomic E-state index is -2.05. The van der Waals surface area contributed by atoms with E-state index in [1.54, 1.807) is 12.4 Å². The number of amides is 6. The zero-order valence-corrected chi connectivity index (χ0v) is 62.3. The number of aliphatic hydroxyl groups excluding tert-OH is 8. The van der Waals surface area contributed by atoms with E-state index < -0.39 is 147 Å². The molecule has 4 aromatic carbocycles. The number of carboxylic acids is 2. The van der Waals surface area contributed by atoms with E-state index in [4.69, 9.17) is 56.8 Å². The quantitative estimate of drug-likeness (QED) is 0.0179. The molecule has 0 spiro atoms. The van der Waals surface area contributed by atoms with Crippen LogP contribution >= 0.6 is 0 Å². The highest BCUT2D eigenvalue weighted by Crippen LogP contribution is 2.44. The first kappa shape index (κ1) is 84.8. The number of hydrogen-bond acceptors (Lipinski definition) is 30. The van der Waals surface area contributed by atoms with Crippen molar-refractivity contribution in [2.45, 2.75) is 132 Å². The third kappa shape index (κ3) is 19.7. The molecule has 612 valence electrons. The van der Waals surface area contributed by atoms with Crippen molar-refractivity contribution in [3.63, 3.8) is 0 Å². The molecule has 6 amide bonds. The summed E-state index contributed by atoms with van der Waals surface area (Å²) in [6, 6.07) is 12.1. The fourth-order valence-electron chi connectivity index (χ4n) is 12.9. The second kappa shape index (κ2) is 37.8. The topological polar surface area (TPSA) is 511 Å². The van der Waals surface area contributed by atoms with E-state index in [-0.39, 0.29) is 149 Å². The van der Waals surface area contributed by atoms with Gasteiger partial charge >= 0.3 is 24.1 Å². The molecule has 113 heavy (non-hydrogen) atoms. The Morgan fingerprint density at radius 2 is 1.13 bits per heavy atom. The highest BCUT2D eigenvalue weighted by Gasteiger charge is 2.51. The number of anilines is 2. The Balaban J connectivity index is 0.823. The summed E-state index contributed by atoms with van der Waals surface area (Å²) in [6.07, 6.45) is -20.8. The van der Waals surface area contributed by atoms with Crippen molar-refractivity contribution < 1.29 is 151 Å². The SMILES string of the molecule is C=C(CC)CN1CC(O)N(C(=O)OCc2ccc(O[C@@H]3O[C@H](C(=O)O)[C@@H](O)[C@H](O)[C@H]3O)c(C(=O)NCCOCC[N+]3(C)C=CN=N3)c2)c2cc(OCCCCCOc3cc4c(cc3OC)C(=O)N3CC(=C)C[C@H]3C(O)N4C(=O)OCc3ccc(O[C@@H]4O[C@H](C(=O)O)[C@@H](O)[C@H](O)[C@H]4O)c(C(=O)NCCOC)c3)c(OC)cc2C1=O. The van der Waals surface area contributed by atoms with Gasteiger partial charge in [-0.05, 0) is 79.6 Å². The van der Waals surface area contributed by atoms with Crippen molar-refractivity contribution in [1.29, 1.82) is 0 Å². The number of methoxy groups -OCH3 is 3. The Bertz CT molecular complexity index is 4250. The molecule has 3 unspecified atom stereocenters. The lowest BCUT2D eigenvalue weighted by atomic mass is 9.99. The molecule has 0 aliphatic carbocycles. The predicted molar refractivity (Wildman–Crippen MR) is 387 cm³/mol. The number of quaternary nitrogens is 1. The van der Waals surface area contributed by atoms with Crippen LogP contribution in [0.5, 0.6) is 34.5 Å². The molecule has 39 heteroatoms. The van der Waals surface area contributed by atoms with Crippen LogP contribution in [-0.4, -0.2) is 294 Å². The van der Waals surface area contributed by atoms with Crippen LogP contribution in [0.1, 0.15) is 91.6 Å². The highest BCUT2D eigenvalue weighted by molar-refractivity contribution is 6.07. The highest BCUT2D eigenvalue weighted by atomic mass is 16.7. The maximum absolute atomic E-state index is 14.6. The fraction of sp³-hybridized carbons (Fsp3) is 0.486. The third-order valence-electron chi connectivity index (χ3n) is 19.2. The standard InChI is InChI=1S/C74H91N9O30/c1-8-38(2)33-79-35-55(84)81(73(100)108-36-40-12-14-50(111-72-61(90)57(86)59(88)63(113-72)70(98)99)45(27-40)65(92)76-18-24-105-25-20-83(4)19-16-77-78-83)46-31-53(51(103-6)29-42(46)66(79)93)106-21-10-9-11-22-107-54-32-47-43(30-52(54)104-7)67(94)80-34-39(3)26-48(80)68(95)82(47)74(101)109-37-41-13-15-49(44(28-41)64(91)75-17-23-102-5)110-71-60(89)56(85)58(87)62(112-71)69(96)97/h12-16,19,27-32,48,55-63,68,71-72,84-90,95H,2-3,8-11,17-18,20-26,33-37H2,1,4-7H3,(H3-,75,76,91,92,96,97,98,99)/p+1/t48-,55?,56-,57-,58-,59-,60+,61+,62-,63-,68?,71+,72+,83?/m0/s1. The van der Waals surface area contributed by atoms with E-state index in [0.29, 0.717) is 43.4 Å². The maximum atomic E-state index is 14.6. The molecular weight excluding hydrogens is 1490 g/mol. The summed E-state index contributed by atoms with van der Waals surface area (Å²) in [5.74, 6) is -6.44. The Kier molecular flexibility index (Phi) is 28.3. The van der Waals surface area contributed by atoms with Crippen LogP contribution in [0.25, 0.3) is 0 Å². The summed E-state index contributed by atoms with van der Waals surface area (Å²) in [6.45, 7) is 9.10. The maximum Gasteiger partial charge on any atom is 0.416 e. The number of ether oxygens (including phenoxy) is 12. The molecule has 12 N–H and O–H groups in total. The van der Waals surface area contributed by atoms with Gasteiger partial charge in [-0.15, -0.1) is 5.11 Å². The summed E-state index contributed by atoms with van der Waals surface area (Å²) >= 11 is 0. The van der Waals surface area contributed by atoms with Gasteiger partial charge in [-0.3, -0.25) is 19.2 Å². The van der Waals surface area contributed by atoms with Crippen LogP contribution in [0.15, 0.2) is 108 Å². The number of nitrogens with one attached hydrogen (secondary N) is 2. The van der Waals surface area contributed by atoms with E-state index in [2.05, 4.69) is 34.1 Å². The second-order valence-electron chi connectivity index (χ2n) is 27.2. The zero-order chi connectivity index (χ0) is 81.7. The number of carboxylic acid groups (broad SMARTS) is 2. The third-order valence-corrected chi connectivity index (χ3v) is 19.2. The van der Waals surface area contributed by atoms with E-state index in [1.165, 1.54) is 91.8 Å². The Morgan fingerprint density at radius 3 is 1.63 bits per heavy atom.